The second-order valence-electron chi connectivity index (χ2n) is 6.18. The Morgan fingerprint density at radius 2 is 1.72 bits per heavy atom. The van der Waals surface area contributed by atoms with Crippen LogP contribution in [0.1, 0.15) is 6.92 Å². The van der Waals surface area contributed by atoms with E-state index in [1.807, 2.05) is 0 Å². The number of carbonyl (C=O) groups excluding carboxylic acids is 2. The van der Waals surface area contributed by atoms with E-state index in [9.17, 15) is 18.0 Å². The molecular weight excluding hydrogens is 344 g/mol. The predicted octanol–water partition coefficient (Wildman–Crippen LogP) is 0.284. The largest absolute Gasteiger partial charge is 0.348 e. The van der Waals surface area contributed by atoms with Gasteiger partial charge in [0, 0.05) is 33.9 Å². The highest BCUT2D eigenvalue weighted by Gasteiger charge is 2.22. The van der Waals surface area contributed by atoms with Crippen LogP contribution in [0.15, 0.2) is 29.2 Å². The third-order valence-electron chi connectivity index (χ3n) is 3.80. The SMILES string of the molecule is C[C@@H](C(=O)Nc1cccc(S(=O)(=O)N(C)C)c1)N(C)CC(=O)N(C)C. The van der Waals surface area contributed by atoms with E-state index in [0.717, 1.165) is 4.31 Å². The summed E-state index contributed by atoms with van der Waals surface area (Å²) in [5.41, 5.74) is 0.382. The van der Waals surface area contributed by atoms with Crippen LogP contribution in [0.3, 0.4) is 0 Å². The van der Waals surface area contributed by atoms with Crippen molar-refractivity contribution in [1.82, 2.24) is 14.1 Å². The zero-order chi connectivity index (χ0) is 19.4. The number of anilines is 1. The smallest absolute Gasteiger partial charge is 0.242 e. The Hall–Kier alpha value is -1.97. The summed E-state index contributed by atoms with van der Waals surface area (Å²) in [5.74, 6) is -0.435. The van der Waals surface area contributed by atoms with Crippen LogP contribution in [0.4, 0.5) is 5.69 Å². The van der Waals surface area contributed by atoms with E-state index in [1.165, 1.54) is 31.1 Å². The van der Waals surface area contributed by atoms with Gasteiger partial charge in [0.1, 0.15) is 0 Å². The van der Waals surface area contributed by atoms with Crippen molar-refractivity contribution in [3.05, 3.63) is 24.3 Å². The molecule has 0 radical (unpaired) electrons. The third kappa shape index (κ3) is 5.52. The lowest BCUT2D eigenvalue weighted by Gasteiger charge is -2.24. The average Bonchev–Trinajstić information content (AvgIpc) is 2.53. The molecule has 1 aromatic carbocycles. The Kier molecular flexibility index (Phi) is 7.09. The van der Waals surface area contributed by atoms with Gasteiger partial charge in [-0.3, -0.25) is 14.5 Å². The summed E-state index contributed by atoms with van der Waals surface area (Å²) in [6, 6.07) is 5.50. The van der Waals surface area contributed by atoms with Gasteiger partial charge in [0.2, 0.25) is 21.8 Å². The van der Waals surface area contributed by atoms with Crippen molar-refractivity contribution in [2.75, 3.05) is 47.1 Å². The number of nitrogens with one attached hydrogen (secondary N) is 1. The average molecular weight is 370 g/mol. The van der Waals surface area contributed by atoms with Crippen LogP contribution >= 0.6 is 0 Å². The number of hydrogen-bond donors (Lipinski definition) is 1. The molecule has 0 heterocycles. The molecule has 25 heavy (non-hydrogen) atoms. The van der Waals surface area contributed by atoms with Gasteiger partial charge in [-0.1, -0.05) is 6.07 Å². The van der Waals surface area contributed by atoms with Crippen LogP contribution in [0.2, 0.25) is 0 Å². The van der Waals surface area contributed by atoms with Gasteiger partial charge in [0.15, 0.2) is 0 Å². The normalized spacial score (nSPS) is 13.0. The highest BCUT2D eigenvalue weighted by atomic mass is 32.2. The van der Waals surface area contributed by atoms with Crippen molar-refractivity contribution >= 4 is 27.5 Å². The van der Waals surface area contributed by atoms with E-state index in [1.54, 1.807) is 45.1 Å². The lowest BCUT2D eigenvalue weighted by atomic mass is 10.2. The number of benzene rings is 1. The molecule has 2 amide bonds. The molecule has 0 aliphatic heterocycles. The number of sulfonamides is 1. The summed E-state index contributed by atoms with van der Waals surface area (Å²) >= 11 is 0. The first-order chi connectivity index (χ1) is 11.5. The van der Waals surface area contributed by atoms with Gasteiger partial charge >= 0.3 is 0 Å². The summed E-state index contributed by atoms with van der Waals surface area (Å²) in [5, 5.41) is 2.69. The van der Waals surface area contributed by atoms with Gasteiger partial charge in [-0.25, -0.2) is 12.7 Å². The van der Waals surface area contributed by atoms with E-state index in [2.05, 4.69) is 5.32 Å². The zero-order valence-corrected chi connectivity index (χ0v) is 16.3. The lowest BCUT2D eigenvalue weighted by Crippen LogP contribution is -2.44. The summed E-state index contributed by atoms with van der Waals surface area (Å²) in [6.07, 6.45) is 0. The first-order valence-corrected chi connectivity index (χ1v) is 9.14. The Bertz CT molecular complexity index is 731. The lowest BCUT2D eigenvalue weighted by molar-refractivity contribution is -0.131. The Morgan fingerprint density at radius 3 is 2.24 bits per heavy atom. The quantitative estimate of drug-likeness (QED) is 0.745. The molecule has 0 aliphatic carbocycles. The molecular formula is C16H26N4O4S. The fraction of sp³-hybridized carbons (Fsp3) is 0.500. The van der Waals surface area contributed by atoms with Crippen molar-refractivity contribution in [1.29, 1.82) is 0 Å². The van der Waals surface area contributed by atoms with E-state index in [0.29, 0.717) is 5.69 Å². The summed E-state index contributed by atoms with van der Waals surface area (Å²) in [4.78, 5) is 27.3. The van der Waals surface area contributed by atoms with Gasteiger partial charge in [-0.15, -0.1) is 0 Å². The molecule has 0 aliphatic rings. The summed E-state index contributed by atoms with van der Waals surface area (Å²) in [7, 11) is 4.29. The first-order valence-electron chi connectivity index (χ1n) is 7.70. The van der Waals surface area contributed by atoms with Crippen LogP contribution in [0, 0.1) is 0 Å². The number of likely N-dealkylation sites (N-methyl/N-ethyl adjacent to an activating group) is 2. The minimum absolute atomic E-state index is 0.0964. The molecule has 0 saturated carbocycles. The molecule has 8 nitrogen and oxygen atoms in total. The molecule has 0 unspecified atom stereocenters. The summed E-state index contributed by atoms with van der Waals surface area (Å²) < 4.78 is 25.4. The topological polar surface area (TPSA) is 90.0 Å². The van der Waals surface area contributed by atoms with Crippen LogP contribution in [-0.4, -0.2) is 82.2 Å². The Labute approximate surface area is 149 Å². The number of rotatable bonds is 7. The molecule has 1 N–H and O–H groups in total. The molecule has 0 saturated heterocycles. The van der Waals surface area contributed by atoms with Gasteiger partial charge < -0.3 is 10.2 Å². The van der Waals surface area contributed by atoms with Crippen molar-refractivity contribution in [2.24, 2.45) is 0 Å². The molecule has 9 heteroatoms. The molecule has 1 rings (SSSR count). The van der Waals surface area contributed by atoms with Crippen molar-refractivity contribution in [3.63, 3.8) is 0 Å². The van der Waals surface area contributed by atoms with Crippen LogP contribution in [-0.2, 0) is 19.6 Å². The molecule has 0 aromatic heterocycles. The first kappa shape index (κ1) is 21.1. The fourth-order valence-electron chi connectivity index (χ4n) is 1.88. The van der Waals surface area contributed by atoms with Gasteiger partial charge in [0.05, 0.1) is 17.5 Å². The van der Waals surface area contributed by atoms with E-state index in [4.69, 9.17) is 0 Å². The summed E-state index contributed by atoms with van der Waals surface area (Å²) in [6.45, 7) is 1.79. The van der Waals surface area contributed by atoms with E-state index >= 15 is 0 Å². The van der Waals surface area contributed by atoms with Crippen LogP contribution < -0.4 is 5.32 Å². The van der Waals surface area contributed by atoms with Gasteiger partial charge in [0.25, 0.3) is 0 Å². The van der Waals surface area contributed by atoms with E-state index in [-0.39, 0.29) is 23.3 Å². The fourth-order valence-corrected chi connectivity index (χ4v) is 2.83. The minimum Gasteiger partial charge on any atom is -0.348 e. The highest BCUT2D eigenvalue weighted by molar-refractivity contribution is 7.89. The third-order valence-corrected chi connectivity index (χ3v) is 5.62. The highest BCUT2D eigenvalue weighted by Crippen LogP contribution is 2.18. The van der Waals surface area contributed by atoms with Gasteiger partial charge in [-0.2, -0.15) is 0 Å². The minimum atomic E-state index is -3.58. The maximum absolute atomic E-state index is 12.4. The molecule has 1 atom stereocenters. The number of nitrogens with zero attached hydrogens (tertiary/aromatic N) is 3. The van der Waals surface area contributed by atoms with Crippen molar-refractivity contribution in [3.8, 4) is 0 Å². The van der Waals surface area contributed by atoms with Crippen LogP contribution in [0.25, 0.3) is 0 Å². The molecule has 140 valence electrons. The Balaban J connectivity index is 2.85. The molecule has 0 spiro atoms. The van der Waals surface area contributed by atoms with Crippen molar-refractivity contribution < 1.29 is 18.0 Å². The Morgan fingerprint density at radius 1 is 1.12 bits per heavy atom. The number of carbonyl (C=O) groups is 2. The number of amides is 2. The number of hydrogen-bond acceptors (Lipinski definition) is 5. The molecule has 0 fully saturated rings. The van der Waals surface area contributed by atoms with Crippen LogP contribution in [0.5, 0.6) is 0 Å². The maximum Gasteiger partial charge on any atom is 0.242 e. The maximum atomic E-state index is 12.4. The predicted molar refractivity (Wildman–Crippen MR) is 96.7 cm³/mol. The molecule has 0 bridgehead atoms. The monoisotopic (exact) mass is 370 g/mol. The van der Waals surface area contributed by atoms with Crippen molar-refractivity contribution in [2.45, 2.75) is 17.9 Å². The standard InChI is InChI=1S/C16H26N4O4S/c1-12(20(6)11-15(21)18(2)3)16(22)17-13-8-7-9-14(10-13)25(23,24)19(4)5/h7-10,12H,11H2,1-6H3,(H,17,22)/t12-/m0/s1. The molecule has 1 aromatic rings. The second-order valence-corrected chi connectivity index (χ2v) is 8.34. The van der Waals surface area contributed by atoms with Gasteiger partial charge in [-0.05, 0) is 32.2 Å². The zero-order valence-electron chi connectivity index (χ0n) is 15.5. The second kappa shape index (κ2) is 8.41. The van der Waals surface area contributed by atoms with E-state index < -0.39 is 16.1 Å².